The van der Waals surface area contributed by atoms with Crippen LogP contribution < -0.4 is 47.4 Å². The zero-order chi connectivity index (χ0) is 53.8. The lowest BCUT2D eigenvalue weighted by Gasteiger charge is -2.47. The average Bonchev–Trinajstić information content (AvgIpc) is 3.40. The Bertz CT molecular complexity index is 2520. The third-order valence-corrected chi connectivity index (χ3v) is 16.2. The number of carbonyl (C=O) groups is 2. The van der Waals surface area contributed by atoms with Crippen LogP contribution in [0, 0.1) is 5.41 Å². The van der Waals surface area contributed by atoms with Crippen molar-refractivity contribution >= 4 is 11.9 Å². The Morgan fingerprint density at radius 3 is 1.39 bits per heavy atom. The minimum Gasteiger partial charge on any atom is -0.493 e. The number of carboxylic acids is 2. The van der Waals surface area contributed by atoms with Gasteiger partial charge < -0.3 is 66.5 Å². The number of hydrogen-bond donors (Lipinski definition) is 2. The summed E-state index contributed by atoms with van der Waals surface area (Å²) in [4.78, 5) is 25.5. The fourth-order valence-electron chi connectivity index (χ4n) is 12.0. The minimum absolute atomic E-state index is 0.0352. The maximum atomic E-state index is 14.1. The minimum atomic E-state index is -1.02. The summed E-state index contributed by atoms with van der Waals surface area (Å²) in [6, 6.07) is 16.2. The lowest BCUT2D eigenvalue weighted by Crippen LogP contribution is -2.53. The number of methoxy groups -OCH3 is 10. The van der Waals surface area contributed by atoms with Gasteiger partial charge in [0.15, 0.2) is 46.0 Å². The van der Waals surface area contributed by atoms with Crippen LogP contribution in [0.3, 0.4) is 0 Å². The van der Waals surface area contributed by atoms with E-state index in [-0.39, 0.29) is 18.5 Å². The van der Waals surface area contributed by atoms with Gasteiger partial charge in [-0.3, -0.25) is 9.59 Å². The molecule has 4 aromatic carbocycles. The third-order valence-electron chi connectivity index (χ3n) is 16.2. The molecule has 2 N–H and O–H groups in total. The second kappa shape index (κ2) is 25.3. The van der Waals surface area contributed by atoms with Crippen molar-refractivity contribution in [1.29, 1.82) is 0 Å². The van der Waals surface area contributed by atoms with Gasteiger partial charge in [-0.2, -0.15) is 0 Å². The van der Waals surface area contributed by atoms with Crippen molar-refractivity contribution in [3.8, 4) is 57.5 Å². The van der Waals surface area contributed by atoms with Gasteiger partial charge >= 0.3 is 11.9 Å². The molecule has 5 atom stereocenters. The van der Waals surface area contributed by atoms with Gasteiger partial charge in [-0.1, -0.05) is 19.3 Å². The zero-order valence-electron chi connectivity index (χ0n) is 46.0. The van der Waals surface area contributed by atoms with E-state index in [0.717, 1.165) is 73.1 Å². The van der Waals surface area contributed by atoms with Crippen molar-refractivity contribution in [2.24, 2.45) is 5.41 Å². The quantitative estimate of drug-likeness (QED) is 0.0390. The molecule has 4 aromatic rings. The summed E-state index contributed by atoms with van der Waals surface area (Å²) in [7, 11) is 20.8. The molecule has 0 bridgehead atoms. The SMILES string of the molecule is COc1cc2c(cc1OC)[C@H](c1cc(OC)c(OC)c(OC)c1)[N@+](C)(CCCC(CCCCCCC(=O)O)(CCC[N@@+]1(C)CCc3cc(OC)c(OC)cc3[C@H]1Cc1cc(OC)c(OC)c(OC)c1)C(=O)O)CC2. The van der Waals surface area contributed by atoms with Gasteiger partial charge in [0.25, 0.3) is 0 Å². The van der Waals surface area contributed by atoms with Gasteiger partial charge in [-0.25, -0.2) is 0 Å². The highest BCUT2D eigenvalue weighted by molar-refractivity contribution is 5.74. The second-order valence-electron chi connectivity index (χ2n) is 20.4. The predicted octanol–water partition coefficient (Wildman–Crippen LogP) is 9.91. The highest BCUT2D eigenvalue weighted by atomic mass is 16.5. The highest BCUT2D eigenvalue weighted by Gasteiger charge is 2.45. The Balaban J connectivity index is 1.34. The standard InChI is InChI=1S/C58H80N2O14/c1-59(27-20-39-32-45(65-3)47(67-5)36-42(39)44(59)29-38-30-49(69-7)55(73-11)50(31-38)70-8)25-17-23-58(57(63)64,22-16-14-13-15-19-53(61)62)24-18-26-60(2)28-21-40-33-46(66-4)48(68-6)37-43(40)54(60)41-34-51(71-9)56(74-12)52(35-41)72-10/h30-37,44,54H,13-29H2,1-12H3/p+2/t44-,54+,58?,59+,60-/m1/s1. The summed E-state index contributed by atoms with van der Waals surface area (Å²) in [5.41, 5.74) is 5.56. The van der Waals surface area contributed by atoms with Crippen LogP contribution in [0.1, 0.15) is 110 Å². The summed E-state index contributed by atoms with van der Waals surface area (Å²) >= 11 is 0. The molecule has 2 aliphatic heterocycles. The number of fused-ring (bicyclic) bond motifs is 2. The monoisotopic (exact) mass is 1030 g/mol. The number of ether oxygens (including phenoxy) is 10. The molecule has 2 aliphatic rings. The van der Waals surface area contributed by atoms with Gasteiger partial charge in [-0.05, 0) is 104 Å². The zero-order valence-corrected chi connectivity index (χ0v) is 46.0. The van der Waals surface area contributed by atoms with E-state index >= 15 is 0 Å². The molecule has 0 aromatic heterocycles. The van der Waals surface area contributed by atoms with Crippen LogP contribution in [-0.2, 0) is 28.9 Å². The van der Waals surface area contributed by atoms with Crippen molar-refractivity contribution < 1.29 is 76.1 Å². The topological polar surface area (TPSA) is 167 Å². The summed E-state index contributed by atoms with van der Waals surface area (Å²) in [6.07, 6.45) is 7.85. The lowest BCUT2D eigenvalue weighted by molar-refractivity contribution is -0.941. The normalized spacial score (nSPS) is 19.7. The summed E-state index contributed by atoms with van der Waals surface area (Å²) in [5, 5.41) is 20.9. The molecule has 16 heteroatoms. The van der Waals surface area contributed by atoms with Crippen molar-refractivity contribution in [3.05, 3.63) is 81.9 Å². The smallest absolute Gasteiger partial charge is 0.309 e. The number of aliphatic carboxylic acids is 2. The molecule has 406 valence electrons. The molecule has 0 aliphatic carbocycles. The van der Waals surface area contributed by atoms with E-state index in [1.165, 1.54) is 5.56 Å². The average molecular weight is 1030 g/mol. The van der Waals surface area contributed by atoms with E-state index in [9.17, 15) is 19.8 Å². The van der Waals surface area contributed by atoms with Crippen LogP contribution in [0.4, 0.5) is 0 Å². The van der Waals surface area contributed by atoms with Gasteiger partial charge in [-0.15, -0.1) is 0 Å². The van der Waals surface area contributed by atoms with E-state index in [1.807, 2.05) is 24.3 Å². The Hall–Kier alpha value is -6.26. The first-order valence-electron chi connectivity index (χ1n) is 25.8. The number of unbranched alkanes of at least 4 members (excludes halogenated alkanes) is 3. The molecule has 0 spiro atoms. The molecule has 74 heavy (non-hydrogen) atoms. The fourth-order valence-corrected chi connectivity index (χ4v) is 12.0. The Morgan fingerprint density at radius 1 is 0.500 bits per heavy atom. The Morgan fingerprint density at radius 2 is 0.919 bits per heavy atom. The number of nitrogens with zero attached hydrogens (tertiary/aromatic N) is 2. The van der Waals surface area contributed by atoms with Crippen LogP contribution in [0.25, 0.3) is 0 Å². The van der Waals surface area contributed by atoms with Gasteiger partial charge in [0, 0.05) is 42.4 Å². The second-order valence-corrected chi connectivity index (χ2v) is 20.4. The van der Waals surface area contributed by atoms with E-state index in [2.05, 4.69) is 38.4 Å². The molecule has 1 unspecified atom stereocenters. The number of benzene rings is 4. The first-order valence-corrected chi connectivity index (χ1v) is 25.8. The molecule has 0 amide bonds. The summed E-state index contributed by atoms with van der Waals surface area (Å²) < 4.78 is 59.3. The van der Waals surface area contributed by atoms with Crippen molar-refractivity contribution in [2.75, 3.05) is 111 Å². The van der Waals surface area contributed by atoms with Crippen LogP contribution in [-0.4, -0.2) is 142 Å². The lowest BCUT2D eigenvalue weighted by atomic mass is 9.74. The van der Waals surface area contributed by atoms with Crippen LogP contribution >= 0.6 is 0 Å². The van der Waals surface area contributed by atoms with E-state index in [4.69, 9.17) is 47.4 Å². The molecule has 0 saturated heterocycles. The highest BCUT2D eigenvalue weighted by Crippen LogP contribution is 2.50. The van der Waals surface area contributed by atoms with Crippen LogP contribution in [0.15, 0.2) is 48.5 Å². The van der Waals surface area contributed by atoms with E-state index in [1.54, 1.807) is 71.1 Å². The first kappa shape index (κ1) is 57.0. The van der Waals surface area contributed by atoms with Gasteiger partial charge in [0.05, 0.1) is 117 Å². The Kier molecular flexibility index (Phi) is 19.5. The number of likely N-dealkylation sites (N-methyl/N-ethyl adjacent to an activating group) is 2. The molecule has 16 nitrogen and oxygen atoms in total. The summed E-state index contributed by atoms with van der Waals surface area (Å²) in [6.45, 7) is 3.04. The summed E-state index contributed by atoms with van der Waals surface area (Å²) in [5.74, 6) is 4.31. The maximum Gasteiger partial charge on any atom is 0.309 e. The predicted molar refractivity (Wildman–Crippen MR) is 283 cm³/mol. The largest absolute Gasteiger partial charge is 0.493 e. The molecule has 0 fully saturated rings. The van der Waals surface area contributed by atoms with E-state index < -0.39 is 17.4 Å². The maximum absolute atomic E-state index is 14.1. The van der Waals surface area contributed by atoms with Gasteiger partial charge in [0.2, 0.25) is 11.5 Å². The molecular formula is C58H82N2O14+2. The third kappa shape index (κ3) is 12.3. The number of carboxylic acid groups (broad SMARTS) is 2. The molecule has 2 heterocycles. The van der Waals surface area contributed by atoms with Crippen molar-refractivity contribution in [3.63, 3.8) is 0 Å². The van der Waals surface area contributed by atoms with Crippen molar-refractivity contribution in [1.82, 2.24) is 0 Å². The van der Waals surface area contributed by atoms with Crippen LogP contribution in [0.2, 0.25) is 0 Å². The number of rotatable bonds is 29. The van der Waals surface area contributed by atoms with E-state index in [0.29, 0.717) is 124 Å². The number of hydrogen-bond acceptors (Lipinski definition) is 12. The van der Waals surface area contributed by atoms with Crippen molar-refractivity contribution in [2.45, 2.75) is 95.6 Å². The molecule has 0 radical (unpaired) electrons. The molecule has 6 rings (SSSR count). The Labute approximate surface area is 438 Å². The fraction of sp³-hybridized carbons (Fsp3) is 0.552. The van der Waals surface area contributed by atoms with Crippen LogP contribution in [0.5, 0.6) is 57.5 Å². The number of quaternary nitrogens is 2. The first-order chi connectivity index (χ1) is 35.5. The molecular weight excluding hydrogens is 949 g/mol. The van der Waals surface area contributed by atoms with Gasteiger partial charge in [0.1, 0.15) is 12.1 Å². The molecule has 0 saturated carbocycles.